The lowest BCUT2D eigenvalue weighted by Crippen LogP contribution is -2.51. The van der Waals surface area contributed by atoms with Gasteiger partial charge in [0.25, 0.3) is 0 Å². The fraction of sp³-hybridized carbons (Fsp3) is 0.684. The molecule has 2 heterocycles. The molecule has 0 aliphatic carbocycles. The summed E-state index contributed by atoms with van der Waals surface area (Å²) in [4.78, 5) is 5.31. The molecule has 0 radical (unpaired) electrons. The Morgan fingerprint density at radius 3 is 2.46 bits per heavy atom. The standard InChI is InChI=1S/C19H30N2O2S/c1-22-18-5-2-3-6-19(18)23-14-4-9-20-10-12-21(13-11-20)17-7-15-24-16-8-17/h2-3,5-6,17H,4,7-16H2,1H3. The fourth-order valence-corrected chi connectivity index (χ4v) is 4.69. The van der Waals surface area contributed by atoms with E-state index >= 15 is 0 Å². The predicted molar refractivity (Wildman–Crippen MR) is 101 cm³/mol. The number of thioether (sulfide) groups is 1. The van der Waals surface area contributed by atoms with Crippen LogP contribution in [0.25, 0.3) is 0 Å². The third-order valence-corrected chi connectivity index (χ3v) is 6.11. The number of hydrogen-bond acceptors (Lipinski definition) is 5. The van der Waals surface area contributed by atoms with Gasteiger partial charge in [-0.1, -0.05) is 12.1 Å². The quantitative estimate of drug-likeness (QED) is 0.704. The fourth-order valence-electron chi connectivity index (χ4n) is 3.61. The summed E-state index contributed by atoms with van der Waals surface area (Å²) in [6.07, 6.45) is 3.84. The number of rotatable bonds is 7. The smallest absolute Gasteiger partial charge is 0.161 e. The molecule has 0 amide bonds. The van der Waals surface area contributed by atoms with Crippen LogP contribution < -0.4 is 9.47 Å². The summed E-state index contributed by atoms with van der Waals surface area (Å²) in [6.45, 7) is 6.77. The molecule has 1 aromatic rings. The van der Waals surface area contributed by atoms with E-state index in [-0.39, 0.29) is 0 Å². The van der Waals surface area contributed by atoms with Crippen molar-refractivity contribution in [2.45, 2.75) is 25.3 Å². The van der Waals surface area contributed by atoms with E-state index in [0.29, 0.717) is 0 Å². The molecule has 0 bridgehead atoms. The van der Waals surface area contributed by atoms with Crippen molar-refractivity contribution in [3.63, 3.8) is 0 Å². The number of nitrogens with zero attached hydrogens (tertiary/aromatic N) is 2. The Hall–Kier alpha value is -0.910. The van der Waals surface area contributed by atoms with Crippen molar-refractivity contribution in [3.05, 3.63) is 24.3 Å². The molecule has 0 unspecified atom stereocenters. The molecule has 5 heteroatoms. The minimum Gasteiger partial charge on any atom is -0.493 e. The molecule has 0 atom stereocenters. The van der Waals surface area contributed by atoms with Gasteiger partial charge in [0, 0.05) is 38.8 Å². The van der Waals surface area contributed by atoms with E-state index in [9.17, 15) is 0 Å². The van der Waals surface area contributed by atoms with Crippen LogP contribution in [-0.2, 0) is 0 Å². The summed E-state index contributed by atoms with van der Waals surface area (Å²) in [5.41, 5.74) is 0. The topological polar surface area (TPSA) is 24.9 Å². The Bertz CT molecular complexity index is 486. The van der Waals surface area contributed by atoms with Gasteiger partial charge in [0.1, 0.15) is 0 Å². The first-order valence-electron chi connectivity index (χ1n) is 9.17. The molecule has 3 rings (SSSR count). The van der Waals surface area contributed by atoms with Crippen LogP contribution in [-0.4, -0.2) is 73.8 Å². The molecule has 2 fully saturated rings. The van der Waals surface area contributed by atoms with Crippen LogP contribution in [0, 0.1) is 0 Å². The van der Waals surface area contributed by atoms with E-state index in [2.05, 4.69) is 21.6 Å². The number of benzene rings is 1. The number of ether oxygens (including phenoxy) is 2. The summed E-state index contributed by atoms with van der Waals surface area (Å²) in [6, 6.07) is 8.72. The minimum absolute atomic E-state index is 0.750. The molecule has 4 nitrogen and oxygen atoms in total. The van der Waals surface area contributed by atoms with Crippen LogP contribution in [0.2, 0.25) is 0 Å². The van der Waals surface area contributed by atoms with Crippen LogP contribution in [0.5, 0.6) is 11.5 Å². The minimum atomic E-state index is 0.750. The second-order valence-electron chi connectivity index (χ2n) is 6.57. The van der Waals surface area contributed by atoms with Crippen molar-refractivity contribution >= 4 is 11.8 Å². The lowest BCUT2D eigenvalue weighted by atomic mass is 10.1. The maximum Gasteiger partial charge on any atom is 0.161 e. The van der Waals surface area contributed by atoms with Gasteiger partial charge >= 0.3 is 0 Å². The van der Waals surface area contributed by atoms with Crippen LogP contribution in [0.3, 0.4) is 0 Å². The third-order valence-electron chi connectivity index (χ3n) is 5.06. The monoisotopic (exact) mass is 350 g/mol. The summed E-state index contributed by atoms with van der Waals surface area (Å²) in [5.74, 6) is 4.37. The van der Waals surface area contributed by atoms with Crippen molar-refractivity contribution in [2.24, 2.45) is 0 Å². The highest BCUT2D eigenvalue weighted by Crippen LogP contribution is 2.26. The largest absolute Gasteiger partial charge is 0.493 e. The first kappa shape index (κ1) is 17.9. The lowest BCUT2D eigenvalue weighted by molar-refractivity contribution is 0.0884. The molecule has 2 aliphatic rings. The van der Waals surface area contributed by atoms with Gasteiger partial charge in [-0.25, -0.2) is 0 Å². The van der Waals surface area contributed by atoms with Crippen molar-refractivity contribution in [3.8, 4) is 11.5 Å². The van der Waals surface area contributed by atoms with Gasteiger partial charge in [-0.05, 0) is 42.9 Å². The van der Waals surface area contributed by atoms with Crippen molar-refractivity contribution in [1.29, 1.82) is 0 Å². The van der Waals surface area contributed by atoms with E-state index in [1.54, 1.807) is 7.11 Å². The van der Waals surface area contributed by atoms with Gasteiger partial charge in [-0.3, -0.25) is 4.90 Å². The lowest BCUT2D eigenvalue weighted by Gasteiger charge is -2.40. The van der Waals surface area contributed by atoms with E-state index < -0.39 is 0 Å². The third kappa shape index (κ3) is 5.04. The Kier molecular flexibility index (Phi) is 7.12. The zero-order chi connectivity index (χ0) is 16.6. The Morgan fingerprint density at radius 1 is 1.04 bits per heavy atom. The molecule has 2 saturated heterocycles. The molecular formula is C19H30N2O2S. The van der Waals surface area contributed by atoms with Gasteiger partial charge < -0.3 is 14.4 Å². The summed E-state index contributed by atoms with van der Waals surface area (Å²) < 4.78 is 11.2. The maximum absolute atomic E-state index is 5.87. The number of para-hydroxylation sites is 2. The van der Waals surface area contributed by atoms with Gasteiger partial charge in [-0.15, -0.1) is 0 Å². The van der Waals surface area contributed by atoms with Gasteiger partial charge in [0.05, 0.1) is 13.7 Å². The van der Waals surface area contributed by atoms with E-state index in [4.69, 9.17) is 9.47 Å². The Balaban J connectivity index is 1.32. The molecule has 2 aliphatic heterocycles. The highest BCUT2D eigenvalue weighted by Gasteiger charge is 2.24. The molecule has 134 valence electrons. The summed E-state index contributed by atoms with van der Waals surface area (Å²) in [5, 5.41) is 0. The number of methoxy groups -OCH3 is 1. The number of hydrogen-bond donors (Lipinski definition) is 0. The van der Waals surface area contributed by atoms with Crippen LogP contribution in [0.4, 0.5) is 0 Å². The van der Waals surface area contributed by atoms with Crippen molar-refractivity contribution in [1.82, 2.24) is 9.80 Å². The molecular weight excluding hydrogens is 320 g/mol. The highest BCUT2D eigenvalue weighted by molar-refractivity contribution is 7.99. The molecule has 24 heavy (non-hydrogen) atoms. The zero-order valence-electron chi connectivity index (χ0n) is 14.8. The van der Waals surface area contributed by atoms with E-state index in [1.807, 2.05) is 24.3 Å². The SMILES string of the molecule is COc1ccccc1OCCCN1CCN(C2CCSCC2)CC1. The Labute approximate surface area is 150 Å². The second kappa shape index (κ2) is 9.54. The van der Waals surface area contributed by atoms with Crippen molar-refractivity contribution in [2.75, 3.05) is 57.9 Å². The second-order valence-corrected chi connectivity index (χ2v) is 7.80. The molecule has 0 aromatic heterocycles. The zero-order valence-corrected chi connectivity index (χ0v) is 15.6. The van der Waals surface area contributed by atoms with Crippen LogP contribution in [0.1, 0.15) is 19.3 Å². The van der Waals surface area contributed by atoms with Crippen LogP contribution >= 0.6 is 11.8 Å². The molecule has 0 spiro atoms. The first-order valence-corrected chi connectivity index (χ1v) is 10.3. The molecule has 0 saturated carbocycles. The van der Waals surface area contributed by atoms with E-state index in [0.717, 1.165) is 37.1 Å². The highest BCUT2D eigenvalue weighted by atomic mass is 32.2. The van der Waals surface area contributed by atoms with Gasteiger partial charge in [-0.2, -0.15) is 11.8 Å². The normalized spacial score (nSPS) is 20.9. The van der Waals surface area contributed by atoms with Gasteiger partial charge in [0.2, 0.25) is 0 Å². The van der Waals surface area contributed by atoms with Crippen LogP contribution in [0.15, 0.2) is 24.3 Å². The average Bonchev–Trinajstić information content (AvgIpc) is 2.67. The van der Waals surface area contributed by atoms with Gasteiger partial charge in [0.15, 0.2) is 11.5 Å². The molecule has 0 N–H and O–H groups in total. The Morgan fingerprint density at radius 2 is 1.75 bits per heavy atom. The molecule has 1 aromatic carbocycles. The first-order chi connectivity index (χ1) is 11.9. The summed E-state index contributed by atoms with van der Waals surface area (Å²) in [7, 11) is 1.69. The van der Waals surface area contributed by atoms with Crippen molar-refractivity contribution < 1.29 is 9.47 Å². The summed E-state index contributed by atoms with van der Waals surface area (Å²) >= 11 is 2.12. The average molecular weight is 351 g/mol. The number of piperazine rings is 1. The van der Waals surface area contributed by atoms with E-state index in [1.165, 1.54) is 50.5 Å². The predicted octanol–water partition coefficient (Wildman–Crippen LogP) is 2.98. The maximum atomic E-state index is 5.87.